The van der Waals surface area contributed by atoms with Crippen LogP contribution in [0, 0.1) is 28.1 Å². The van der Waals surface area contributed by atoms with Gasteiger partial charge in [0, 0.05) is 53.4 Å². The smallest absolute Gasteiger partial charge is 0.338 e. The van der Waals surface area contributed by atoms with Gasteiger partial charge in [-0.3, -0.25) is 9.59 Å². The molecule has 3 aliphatic carbocycles. The number of carbonyl (C=O) groups is 4. The zero-order chi connectivity index (χ0) is 35.7. The number of benzene rings is 1. The van der Waals surface area contributed by atoms with Crippen LogP contribution in [0.15, 0.2) is 76.1 Å². The summed E-state index contributed by atoms with van der Waals surface area (Å²) < 4.78 is 37.7. The lowest BCUT2D eigenvalue weighted by molar-refractivity contribution is -0.252. The second-order valence-corrected chi connectivity index (χ2v) is 15.5. The Hall–Kier alpha value is -4.18. The molecule has 2 saturated carbocycles. The molecule has 10 heteroatoms. The van der Waals surface area contributed by atoms with Crippen molar-refractivity contribution in [2.24, 2.45) is 28.1 Å². The van der Waals surface area contributed by atoms with Gasteiger partial charge in [-0.25, -0.2) is 9.59 Å². The van der Waals surface area contributed by atoms with Gasteiger partial charge in [0.25, 0.3) is 0 Å². The fourth-order valence-corrected chi connectivity index (χ4v) is 10.7. The summed E-state index contributed by atoms with van der Waals surface area (Å²) >= 11 is 0. The minimum Gasteiger partial charge on any atom is -0.472 e. The van der Waals surface area contributed by atoms with Crippen LogP contribution in [0.1, 0.15) is 89.6 Å². The summed E-state index contributed by atoms with van der Waals surface area (Å²) in [4.78, 5) is 54.3. The predicted molar refractivity (Wildman–Crippen MR) is 179 cm³/mol. The predicted octanol–water partition coefficient (Wildman–Crippen LogP) is 6.50. The third-order valence-electron chi connectivity index (χ3n) is 13.0. The number of hydrogen-bond acceptors (Lipinski definition) is 10. The molecule has 2 saturated heterocycles. The number of hydrogen-bond donors (Lipinski definition) is 0. The number of furan rings is 1. The highest BCUT2D eigenvalue weighted by Crippen LogP contribution is 2.72. The highest BCUT2D eigenvalue weighted by molar-refractivity contribution is 5.89. The Morgan fingerprint density at radius 3 is 2.36 bits per heavy atom. The Bertz CT molecular complexity index is 1760. The van der Waals surface area contributed by atoms with Gasteiger partial charge in [0.1, 0.15) is 24.4 Å². The maximum Gasteiger partial charge on any atom is 0.338 e. The third-order valence-corrected chi connectivity index (χ3v) is 13.0. The highest BCUT2D eigenvalue weighted by Gasteiger charge is 2.78. The van der Waals surface area contributed by atoms with Crippen molar-refractivity contribution in [2.75, 3.05) is 6.61 Å². The molecule has 7 rings (SSSR count). The Morgan fingerprint density at radius 1 is 0.960 bits per heavy atom. The molecule has 4 fully saturated rings. The van der Waals surface area contributed by atoms with Crippen LogP contribution in [-0.2, 0) is 38.1 Å². The van der Waals surface area contributed by atoms with Crippen LogP contribution in [-0.4, -0.2) is 61.0 Å². The summed E-state index contributed by atoms with van der Waals surface area (Å²) in [6.45, 7) is 13.3. The molecular weight excluding hydrogens is 640 g/mol. The van der Waals surface area contributed by atoms with Crippen LogP contribution < -0.4 is 0 Å². The van der Waals surface area contributed by atoms with Crippen LogP contribution in [0.5, 0.6) is 0 Å². The molecule has 2 aliphatic heterocycles. The molecule has 2 aromatic rings. The topological polar surface area (TPSA) is 128 Å². The Labute approximate surface area is 292 Å². The summed E-state index contributed by atoms with van der Waals surface area (Å²) in [6.07, 6.45) is 2.23. The molecule has 11 unspecified atom stereocenters. The fraction of sp³-hybridized carbons (Fsp3) is 0.550. The van der Waals surface area contributed by atoms with Crippen LogP contribution in [0.2, 0.25) is 0 Å². The molecule has 0 radical (unpaired) electrons. The maximum atomic E-state index is 14.1. The molecule has 0 bridgehead atoms. The molecule has 5 aliphatic rings. The first-order chi connectivity index (χ1) is 23.7. The first-order valence-electron chi connectivity index (χ1n) is 17.6. The van der Waals surface area contributed by atoms with Gasteiger partial charge in [0.05, 0.1) is 30.8 Å². The number of allylic oxidation sites excluding steroid dienone is 2. The molecule has 3 heterocycles. The van der Waals surface area contributed by atoms with Gasteiger partial charge in [-0.2, -0.15) is 0 Å². The molecule has 0 amide bonds. The van der Waals surface area contributed by atoms with Crippen molar-refractivity contribution in [3.63, 3.8) is 0 Å². The van der Waals surface area contributed by atoms with E-state index in [1.165, 1.54) is 6.92 Å². The van der Waals surface area contributed by atoms with Crippen molar-refractivity contribution >= 4 is 23.9 Å². The van der Waals surface area contributed by atoms with Crippen molar-refractivity contribution in [3.8, 4) is 0 Å². The van der Waals surface area contributed by atoms with Crippen LogP contribution >= 0.6 is 0 Å². The molecule has 0 spiro atoms. The van der Waals surface area contributed by atoms with Crippen molar-refractivity contribution in [3.05, 3.63) is 82.8 Å². The van der Waals surface area contributed by atoms with E-state index in [1.807, 2.05) is 19.1 Å². The molecule has 0 N–H and O–H groups in total. The fourth-order valence-electron chi connectivity index (χ4n) is 10.7. The molecule has 50 heavy (non-hydrogen) atoms. The summed E-state index contributed by atoms with van der Waals surface area (Å²) in [5, 5.41) is 0. The van der Waals surface area contributed by atoms with Crippen LogP contribution in [0.25, 0.3) is 0 Å². The number of esters is 4. The lowest BCUT2D eigenvalue weighted by Gasteiger charge is -2.66. The summed E-state index contributed by atoms with van der Waals surface area (Å²) in [6, 6.07) is 10.7. The third kappa shape index (κ3) is 5.00. The summed E-state index contributed by atoms with van der Waals surface area (Å²) in [5.41, 5.74) is 1.07. The number of rotatable bonds is 6. The van der Waals surface area contributed by atoms with Gasteiger partial charge < -0.3 is 28.1 Å². The molecule has 11 atom stereocenters. The standard InChI is InChI=1S/C40H46O10/c1-8-21(2)36(43)50-35-33-34-38(5,20-46-33)29(47-23(4)41)18-30(49-37(44)24-12-10-9-11-13-24)39(34,6)28-17-31(42)48-27-16-26(25-14-15-45-19-25)22(3)32(27)40(28,35)7/h8-15,19,26-30,33-35H,16-18,20H2,1-7H3. The normalized spacial score (nSPS) is 39.0. The summed E-state index contributed by atoms with van der Waals surface area (Å²) in [5.74, 6) is -2.88. The second-order valence-electron chi connectivity index (χ2n) is 15.5. The van der Waals surface area contributed by atoms with Crippen molar-refractivity contribution in [1.82, 2.24) is 0 Å². The van der Waals surface area contributed by atoms with E-state index < -0.39 is 76.5 Å². The number of carbonyl (C=O) groups excluding carboxylic acids is 4. The Balaban J connectivity index is 1.46. The minimum absolute atomic E-state index is 0.00419. The molecule has 10 nitrogen and oxygen atoms in total. The number of fused-ring (bicyclic) bond motifs is 4. The largest absolute Gasteiger partial charge is 0.472 e. The minimum atomic E-state index is -0.990. The lowest BCUT2D eigenvalue weighted by atomic mass is 9.39. The van der Waals surface area contributed by atoms with E-state index in [4.69, 9.17) is 28.1 Å². The van der Waals surface area contributed by atoms with Gasteiger partial charge in [0.2, 0.25) is 0 Å². The zero-order valence-corrected chi connectivity index (χ0v) is 29.7. The molecule has 1 aromatic heterocycles. The lowest BCUT2D eigenvalue weighted by Crippen LogP contribution is -2.72. The van der Waals surface area contributed by atoms with Crippen molar-refractivity contribution < 1.29 is 47.3 Å². The highest BCUT2D eigenvalue weighted by atomic mass is 16.6. The molecule has 266 valence electrons. The van der Waals surface area contributed by atoms with Gasteiger partial charge in [-0.15, -0.1) is 0 Å². The SMILES string of the molecule is CC=C(C)C(=O)OC1C2OCC3(C)C(OC(C)=O)CC(OC(=O)c4ccccc4)C(C)(C23)C2CC(=O)OC3CC(c4ccoc4)C(C)=C3C12C. The van der Waals surface area contributed by atoms with E-state index in [0.717, 1.165) is 16.7 Å². The average Bonchev–Trinajstić information content (AvgIpc) is 3.80. The van der Waals surface area contributed by atoms with Crippen molar-refractivity contribution in [1.29, 1.82) is 0 Å². The second kappa shape index (κ2) is 12.2. The Morgan fingerprint density at radius 2 is 1.70 bits per heavy atom. The molecular formula is C40H46O10. The quantitative estimate of drug-likeness (QED) is 0.144. The Kier molecular flexibility index (Phi) is 8.40. The van der Waals surface area contributed by atoms with E-state index in [-0.39, 0.29) is 31.3 Å². The van der Waals surface area contributed by atoms with E-state index in [0.29, 0.717) is 17.6 Å². The van der Waals surface area contributed by atoms with E-state index >= 15 is 0 Å². The van der Waals surface area contributed by atoms with E-state index in [1.54, 1.807) is 56.7 Å². The zero-order valence-electron chi connectivity index (χ0n) is 29.7. The van der Waals surface area contributed by atoms with Gasteiger partial charge in [-0.1, -0.05) is 50.6 Å². The van der Waals surface area contributed by atoms with Gasteiger partial charge in [-0.05, 0) is 62.4 Å². The first kappa shape index (κ1) is 34.3. The average molecular weight is 687 g/mol. The van der Waals surface area contributed by atoms with Gasteiger partial charge >= 0.3 is 23.9 Å². The maximum absolute atomic E-state index is 14.1. The van der Waals surface area contributed by atoms with Crippen LogP contribution in [0.4, 0.5) is 0 Å². The van der Waals surface area contributed by atoms with Gasteiger partial charge in [0.15, 0.2) is 0 Å². The van der Waals surface area contributed by atoms with E-state index in [2.05, 4.69) is 20.8 Å². The van der Waals surface area contributed by atoms with Crippen LogP contribution in [0.3, 0.4) is 0 Å². The number of ether oxygens (including phenoxy) is 5. The molecule has 1 aromatic carbocycles. The summed E-state index contributed by atoms with van der Waals surface area (Å²) in [7, 11) is 0. The van der Waals surface area contributed by atoms with Crippen molar-refractivity contribution in [2.45, 2.75) is 104 Å². The van der Waals surface area contributed by atoms with E-state index in [9.17, 15) is 19.2 Å². The first-order valence-corrected chi connectivity index (χ1v) is 17.6. The monoisotopic (exact) mass is 686 g/mol.